The van der Waals surface area contributed by atoms with Gasteiger partial charge in [-0.15, -0.1) is 0 Å². The Labute approximate surface area is 238 Å². The third-order valence-electron chi connectivity index (χ3n) is 8.56. The summed E-state index contributed by atoms with van der Waals surface area (Å²) in [5.41, 5.74) is 3.12. The number of hydrogen-bond acceptors (Lipinski definition) is 6. The number of halogens is 2. The monoisotopic (exact) mass is 578 g/mol. The fourth-order valence-electron chi connectivity index (χ4n) is 5.90. The second-order valence-corrected chi connectivity index (χ2v) is 13.8. The highest BCUT2D eigenvalue weighted by molar-refractivity contribution is 7.92. The molecule has 2 heterocycles. The van der Waals surface area contributed by atoms with Crippen LogP contribution in [0.15, 0.2) is 54.7 Å². The molecule has 2 N–H and O–H groups in total. The van der Waals surface area contributed by atoms with Crippen molar-refractivity contribution in [2.45, 2.75) is 49.7 Å². The van der Waals surface area contributed by atoms with Gasteiger partial charge in [0.05, 0.1) is 17.5 Å². The second-order valence-electron chi connectivity index (χ2n) is 11.4. The normalized spacial score (nSPS) is 24.8. The average molecular weight is 579 g/mol. The maximum Gasteiger partial charge on any atom is 0.225 e. The lowest BCUT2D eigenvalue weighted by atomic mass is 9.74. The minimum Gasteiger partial charge on any atom is -0.370 e. The number of carbonyl (C=O) groups excluding carboxylic acids is 1. The van der Waals surface area contributed by atoms with Crippen molar-refractivity contribution >= 4 is 21.3 Å². The van der Waals surface area contributed by atoms with Crippen LogP contribution in [0.4, 0.5) is 14.5 Å². The van der Waals surface area contributed by atoms with Crippen molar-refractivity contribution in [1.29, 1.82) is 10.0 Å². The number of amides is 1. The van der Waals surface area contributed by atoms with Crippen molar-refractivity contribution < 1.29 is 17.8 Å². The predicted octanol–water partition coefficient (Wildman–Crippen LogP) is 4.94. The zero-order valence-corrected chi connectivity index (χ0v) is 23.4. The first kappa shape index (κ1) is 27.4. The first-order chi connectivity index (χ1) is 19.7. The van der Waals surface area contributed by atoms with Crippen molar-refractivity contribution in [2.24, 2.45) is 5.92 Å². The fourth-order valence-corrected chi connectivity index (χ4v) is 7.14. The molecular weight excluding hydrogens is 546 g/mol. The van der Waals surface area contributed by atoms with Gasteiger partial charge >= 0.3 is 0 Å². The van der Waals surface area contributed by atoms with Gasteiger partial charge in [0, 0.05) is 63.6 Å². The molecule has 0 spiro atoms. The Kier molecular flexibility index (Phi) is 7.06. The van der Waals surface area contributed by atoms with E-state index in [-0.39, 0.29) is 24.1 Å². The van der Waals surface area contributed by atoms with Gasteiger partial charge in [-0.05, 0) is 74.1 Å². The molecule has 1 amide bonds. The van der Waals surface area contributed by atoms with E-state index < -0.39 is 27.4 Å². The molecule has 6 rings (SSSR count). The van der Waals surface area contributed by atoms with Crippen molar-refractivity contribution in [2.75, 3.05) is 29.5 Å². The van der Waals surface area contributed by atoms with Gasteiger partial charge in [0.15, 0.2) is 0 Å². The summed E-state index contributed by atoms with van der Waals surface area (Å²) in [6.07, 6.45) is 2.76. The number of nitriles is 1. The number of aromatic nitrogens is 2. The SMILES string of the molecule is N#CC1(NC(=O)C2CC(F)CCC2c2nn(-c3ccc(F)cc3)cc2-c2ccc(N3CCS(=N)(=O)CC3)cc2)CC1. The van der Waals surface area contributed by atoms with Crippen LogP contribution in [0.1, 0.15) is 43.7 Å². The molecule has 2 aliphatic carbocycles. The summed E-state index contributed by atoms with van der Waals surface area (Å²) in [5, 5.41) is 17.3. The third kappa shape index (κ3) is 5.71. The van der Waals surface area contributed by atoms with Gasteiger partial charge in [-0.1, -0.05) is 12.1 Å². The molecule has 0 bridgehead atoms. The Hall–Kier alpha value is -3.78. The summed E-state index contributed by atoms with van der Waals surface area (Å²) in [4.78, 5) is 15.5. The van der Waals surface area contributed by atoms with Crippen LogP contribution in [0.5, 0.6) is 0 Å². The number of benzene rings is 2. The van der Waals surface area contributed by atoms with Crippen LogP contribution < -0.4 is 10.2 Å². The Bertz CT molecular complexity index is 1580. The summed E-state index contributed by atoms with van der Waals surface area (Å²) >= 11 is 0. The van der Waals surface area contributed by atoms with E-state index in [1.807, 2.05) is 30.5 Å². The Morgan fingerprint density at radius 3 is 2.37 bits per heavy atom. The summed E-state index contributed by atoms with van der Waals surface area (Å²) < 4.78 is 49.9. The zero-order valence-electron chi connectivity index (χ0n) is 22.6. The maximum absolute atomic E-state index is 14.7. The molecule has 0 radical (unpaired) electrons. The van der Waals surface area contributed by atoms with Crippen molar-refractivity contribution in [1.82, 2.24) is 15.1 Å². The fraction of sp³-hybridized carbons (Fsp3) is 0.433. The number of carbonyl (C=O) groups is 1. The second kappa shape index (κ2) is 10.6. The number of nitrogens with zero attached hydrogens (tertiary/aromatic N) is 4. The molecule has 1 aliphatic heterocycles. The highest BCUT2D eigenvalue weighted by Crippen LogP contribution is 2.44. The summed E-state index contributed by atoms with van der Waals surface area (Å²) in [6.45, 7) is 1.12. The zero-order chi connectivity index (χ0) is 28.8. The standard InChI is InChI=1S/C30H32F2N6O2S/c31-21-3-8-24(9-4-21)38-18-27(20-1-6-23(7-2-20)37-13-15-41(34,40)16-14-37)28(36-38)25-10-5-22(32)17-26(25)29(39)35-30(19-33)11-12-30/h1-4,6-9,18,22,25-26,34H,5,10-17H2,(H,35,39). The van der Waals surface area contributed by atoms with Crippen LogP contribution in [0.25, 0.3) is 16.8 Å². The molecule has 1 aromatic heterocycles. The minimum absolute atomic E-state index is 0.0634. The largest absolute Gasteiger partial charge is 0.370 e. The first-order valence-electron chi connectivity index (χ1n) is 14.0. The van der Waals surface area contributed by atoms with Crippen LogP contribution in [0.3, 0.4) is 0 Å². The highest BCUT2D eigenvalue weighted by atomic mass is 32.2. The lowest BCUT2D eigenvalue weighted by Gasteiger charge is -2.32. The number of hydrogen-bond donors (Lipinski definition) is 2. The molecule has 2 aromatic carbocycles. The molecule has 3 atom stereocenters. The molecule has 3 aromatic rings. The van der Waals surface area contributed by atoms with Crippen molar-refractivity contribution in [3.05, 3.63) is 66.2 Å². The lowest BCUT2D eigenvalue weighted by molar-refractivity contribution is -0.128. The van der Waals surface area contributed by atoms with E-state index in [1.54, 1.807) is 16.8 Å². The molecular formula is C30H32F2N6O2S. The van der Waals surface area contributed by atoms with Gasteiger partial charge in [0.25, 0.3) is 0 Å². The third-order valence-corrected chi connectivity index (χ3v) is 10.2. The molecule has 2 saturated carbocycles. The summed E-state index contributed by atoms with van der Waals surface area (Å²) in [5.74, 6) is -1.02. The molecule has 3 aliphatic rings. The van der Waals surface area contributed by atoms with E-state index in [0.29, 0.717) is 61.7 Å². The van der Waals surface area contributed by atoms with Crippen molar-refractivity contribution in [3.63, 3.8) is 0 Å². The quantitative estimate of drug-likeness (QED) is 0.430. The van der Waals surface area contributed by atoms with Crippen molar-refractivity contribution in [3.8, 4) is 22.9 Å². The lowest BCUT2D eigenvalue weighted by Crippen LogP contribution is -2.44. The molecule has 41 heavy (non-hydrogen) atoms. The van der Waals surface area contributed by atoms with Crippen LogP contribution in [-0.4, -0.2) is 56.2 Å². The van der Waals surface area contributed by atoms with Crippen LogP contribution in [0.2, 0.25) is 0 Å². The van der Waals surface area contributed by atoms with E-state index >= 15 is 0 Å². The summed E-state index contributed by atoms with van der Waals surface area (Å²) in [7, 11) is -2.50. The molecule has 3 fully saturated rings. The maximum atomic E-state index is 14.7. The van der Waals surface area contributed by atoms with Gasteiger partial charge in [-0.2, -0.15) is 10.4 Å². The molecule has 1 saturated heterocycles. The minimum atomic E-state index is -2.50. The van der Waals surface area contributed by atoms with E-state index in [0.717, 1.165) is 16.8 Å². The number of rotatable bonds is 6. The van der Waals surface area contributed by atoms with E-state index in [9.17, 15) is 23.0 Å². The molecule has 8 nitrogen and oxygen atoms in total. The number of nitrogens with one attached hydrogen (secondary N) is 2. The van der Waals surface area contributed by atoms with Gasteiger partial charge in [0.2, 0.25) is 5.91 Å². The smallest absolute Gasteiger partial charge is 0.225 e. The summed E-state index contributed by atoms with van der Waals surface area (Å²) in [6, 6.07) is 16.1. The first-order valence-corrected chi connectivity index (χ1v) is 15.9. The molecule has 11 heteroatoms. The Balaban J connectivity index is 1.36. The van der Waals surface area contributed by atoms with Crippen LogP contribution in [0, 0.1) is 27.8 Å². The van der Waals surface area contributed by atoms with E-state index in [1.165, 1.54) is 12.1 Å². The number of anilines is 1. The number of alkyl halides is 1. The van der Waals surface area contributed by atoms with E-state index in [2.05, 4.69) is 16.3 Å². The Morgan fingerprint density at radius 2 is 1.73 bits per heavy atom. The van der Waals surface area contributed by atoms with Crippen LogP contribution >= 0.6 is 0 Å². The van der Waals surface area contributed by atoms with Gasteiger partial charge in [0.1, 0.15) is 17.5 Å². The van der Waals surface area contributed by atoms with Gasteiger partial charge in [-0.25, -0.2) is 17.7 Å². The Morgan fingerprint density at radius 1 is 1.07 bits per heavy atom. The van der Waals surface area contributed by atoms with E-state index in [4.69, 9.17) is 9.88 Å². The molecule has 214 valence electrons. The predicted molar refractivity (Wildman–Crippen MR) is 152 cm³/mol. The van der Waals surface area contributed by atoms with Gasteiger partial charge < -0.3 is 10.2 Å². The van der Waals surface area contributed by atoms with Gasteiger partial charge in [-0.3, -0.25) is 9.57 Å². The molecule has 3 unspecified atom stereocenters. The highest BCUT2D eigenvalue weighted by Gasteiger charge is 2.48. The van der Waals surface area contributed by atoms with Crippen LogP contribution in [-0.2, 0) is 14.5 Å². The topological polar surface area (TPSA) is 115 Å². The average Bonchev–Trinajstić information content (AvgIpc) is 3.60.